The van der Waals surface area contributed by atoms with Crippen LogP contribution in [0, 0.1) is 0 Å². The Bertz CT molecular complexity index is 2060. The normalized spacial score (nSPS) is 11.4. The minimum atomic E-state index is -1.33. The van der Waals surface area contributed by atoms with Crippen LogP contribution in [0.3, 0.4) is 0 Å². The van der Waals surface area contributed by atoms with Crippen LogP contribution in [-0.4, -0.2) is 23.0 Å². The molecule has 7 aromatic rings. The lowest BCUT2D eigenvalue weighted by Gasteiger charge is -2.17. The van der Waals surface area contributed by atoms with Gasteiger partial charge in [0.1, 0.15) is 0 Å². The predicted molar refractivity (Wildman–Crippen MR) is 195 cm³/mol. The fourth-order valence-electron chi connectivity index (χ4n) is 5.69. The second-order valence-corrected chi connectivity index (χ2v) is 17.7. The zero-order valence-electron chi connectivity index (χ0n) is 26.4. The van der Waals surface area contributed by atoms with E-state index >= 15 is 0 Å². The Morgan fingerprint density at radius 1 is 0.304 bits per heavy atom. The molecule has 0 aliphatic heterocycles. The summed E-state index contributed by atoms with van der Waals surface area (Å²) in [5.74, 6) is 1.97. The molecule has 0 fully saturated rings. The summed E-state index contributed by atoms with van der Waals surface area (Å²) in [6.45, 7) is 7.16. The summed E-state index contributed by atoms with van der Waals surface area (Å²) >= 11 is 0. The summed E-state index contributed by atoms with van der Waals surface area (Å²) in [7, 11) is -1.33. The zero-order valence-corrected chi connectivity index (χ0v) is 27.4. The first-order chi connectivity index (χ1) is 22.4. The number of aromatic nitrogens is 3. The van der Waals surface area contributed by atoms with Gasteiger partial charge in [-0.2, -0.15) is 0 Å². The first-order valence-electron chi connectivity index (χ1n) is 15.7. The Morgan fingerprint density at radius 3 is 1.04 bits per heavy atom. The molecule has 0 bridgehead atoms. The van der Waals surface area contributed by atoms with E-state index in [1.165, 1.54) is 27.4 Å². The Morgan fingerprint density at radius 2 is 0.630 bits per heavy atom. The Labute approximate surface area is 272 Å². The number of rotatable bonds is 7. The van der Waals surface area contributed by atoms with Gasteiger partial charge in [-0.1, -0.05) is 164 Å². The average Bonchev–Trinajstić information content (AvgIpc) is 3.12. The zero-order chi connectivity index (χ0) is 31.5. The van der Waals surface area contributed by atoms with Crippen LogP contribution in [0.5, 0.6) is 0 Å². The molecule has 6 aromatic carbocycles. The summed E-state index contributed by atoms with van der Waals surface area (Å²) in [6, 6.07) is 55.4. The molecular formula is C42H35N3Si. The van der Waals surface area contributed by atoms with Gasteiger partial charge >= 0.3 is 0 Å². The lowest BCUT2D eigenvalue weighted by molar-refractivity contribution is 1.07. The van der Waals surface area contributed by atoms with Gasteiger partial charge in [-0.25, -0.2) is 15.0 Å². The highest BCUT2D eigenvalue weighted by Gasteiger charge is 2.16. The number of hydrogen-bond donors (Lipinski definition) is 0. The summed E-state index contributed by atoms with van der Waals surface area (Å²) in [5, 5.41) is 1.48. The van der Waals surface area contributed by atoms with E-state index in [4.69, 9.17) is 15.0 Å². The van der Waals surface area contributed by atoms with E-state index in [2.05, 4.69) is 117 Å². The monoisotopic (exact) mass is 609 g/mol. The minimum Gasteiger partial charge on any atom is -0.208 e. The van der Waals surface area contributed by atoms with Crippen molar-refractivity contribution in [2.45, 2.75) is 19.6 Å². The van der Waals surface area contributed by atoms with Gasteiger partial charge in [0.2, 0.25) is 0 Å². The molecule has 3 nitrogen and oxygen atoms in total. The average molecular weight is 610 g/mol. The quantitative estimate of drug-likeness (QED) is 0.169. The van der Waals surface area contributed by atoms with Crippen LogP contribution in [0.1, 0.15) is 0 Å². The molecule has 0 aliphatic rings. The van der Waals surface area contributed by atoms with E-state index in [1.54, 1.807) is 0 Å². The fourth-order valence-corrected chi connectivity index (χ4v) is 6.86. The Balaban J connectivity index is 1.23. The molecule has 0 spiro atoms. The van der Waals surface area contributed by atoms with E-state index in [0.717, 1.165) is 27.8 Å². The van der Waals surface area contributed by atoms with Crippen LogP contribution in [-0.2, 0) is 0 Å². The van der Waals surface area contributed by atoms with E-state index in [-0.39, 0.29) is 0 Å². The van der Waals surface area contributed by atoms with Gasteiger partial charge < -0.3 is 0 Å². The van der Waals surface area contributed by atoms with Crippen molar-refractivity contribution in [2.75, 3.05) is 0 Å². The third-order valence-electron chi connectivity index (χ3n) is 8.30. The van der Waals surface area contributed by atoms with Gasteiger partial charge in [-0.3, -0.25) is 0 Å². The van der Waals surface area contributed by atoms with Crippen LogP contribution in [0.4, 0.5) is 0 Å². The van der Waals surface area contributed by atoms with Crippen LogP contribution in [0.2, 0.25) is 19.6 Å². The molecule has 0 radical (unpaired) electrons. The highest BCUT2D eigenvalue weighted by molar-refractivity contribution is 6.88. The molecule has 0 amide bonds. The summed E-state index contributed by atoms with van der Waals surface area (Å²) in [6.07, 6.45) is 0. The van der Waals surface area contributed by atoms with E-state index < -0.39 is 8.07 Å². The SMILES string of the molecule is C[Si](C)(C)c1ccc(-c2cccc(-c3cccc(-c4cccc(-c5nc(-c6ccccc6)nc(-c6ccccc6)n5)c4)c3)c2)cc1. The van der Waals surface area contributed by atoms with Crippen LogP contribution < -0.4 is 5.19 Å². The fraction of sp³-hybridized carbons (Fsp3) is 0.0714. The van der Waals surface area contributed by atoms with Crippen molar-refractivity contribution in [1.82, 2.24) is 15.0 Å². The third kappa shape index (κ3) is 6.34. The second kappa shape index (κ2) is 12.5. The molecule has 7 rings (SSSR count). The number of nitrogens with zero attached hydrogens (tertiary/aromatic N) is 3. The maximum Gasteiger partial charge on any atom is 0.164 e. The molecule has 0 saturated heterocycles. The first-order valence-corrected chi connectivity index (χ1v) is 19.2. The topological polar surface area (TPSA) is 38.7 Å². The van der Waals surface area contributed by atoms with Crippen molar-refractivity contribution in [3.8, 4) is 67.5 Å². The molecule has 0 saturated carbocycles. The molecule has 0 atom stereocenters. The summed E-state index contributed by atoms with van der Waals surface area (Å²) in [4.78, 5) is 14.7. The molecule has 4 heteroatoms. The van der Waals surface area contributed by atoms with Crippen molar-refractivity contribution in [2.24, 2.45) is 0 Å². The molecule has 46 heavy (non-hydrogen) atoms. The first kappa shape index (κ1) is 29.3. The lowest BCUT2D eigenvalue weighted by atomic mass is 9.95. The van der Waals surface area contributed by atoms with Gasteiger partial charge in [0, 0.05) is 16.7 Å². The summed E-state index contributed by atoms with van der Waals surface area (Å²) < 4.78 is 0. The predicted octanol–water partition coefficient (Wildman–Crippen LogP) is 10.4. The Hall–Kier alpha value is -5.45. The van der Waals surface area contributed by atoms with E-state index in [0.29, 0.717) is 17.5 Å². The van der Waals surface area contributed by atoms with Gasteiger partial charge in [0.05, 0.1) is 8.07 Å². The molecule has 1 heterocycles. The smallest absolute Gasteiger partial charge is 0.164 e. The van der Waals surface area contributed by atoms with E-state index in [9.17, 15) is 0 Å². The standard InChI is InChI=1S/C42H35N3Si/c1-46(2,3)39-25-23-30(24-26-39)33-17-10-18-34(27-33)35-19-11-20-36(28-35)37-21-12-22-38(29-37)42-44-40(31-13-6-4-7-14-31)43-41(45-42)32-15-8-5-9-16-32/h4-29H,1-3H3. The minimum absolute atomic E-state index is 0.651. The maximum absolute atomic E-state index is 4.94. The summed E-state index contributed by atoms with van der Waals surface area (Å²) in [5.41, 5.74) is 9.97. The van der Waals surface area contributed by atoms with Crippen LogP contribution >= 0.6 is 0 Å². The van der Waals surface area contributed by atoms with Gasteiger partial charge in [-0.05, 0) is 51.6 Å². The van der Waals surface area contributed by atoms with Crippen molar-refractivity contribution in [1.29, 1.82) is 0 Å². The Kier molecular flexibility index (Phi) is 7.96. The lowest BCUT2D eigenvalue weighted by Crippen LogP contribution is -2.37. The maximum atomic E-state index is 4.94. The highest BCUT2D eigenvalue weighted by Crippen LogP contribution is 2.32. The number of benzene rings is 6. The molecule has 0 N–H and O–H groups in total. The molecule has 0 aliphatic carbocycles. The van der Waals surface area contributed by atoms with Crippen molar-refractivity contribution in [3.05, 3.63) is 158 Å². The number of hydrogen-bond acceptors (Lipinski definition) is 3. The largest absolute Gasteiger partial charge is 0.208 e. The molecular weight excluding hydrogens is 575 g/mol. The van der Waals surface area contributed by atoms with Crippen molar-refractivity contribution >= 4 is 13.3 Å². The van der Waals surface area contributed by atoms with Crippen molar-refractivity contribution in [3.63, 3.8) is 0 Å². The van der Waals surface area contributed by atoms with Gasteiger partial charge in [0.25, 0.3) is 0 Å². The van der Waals surface area contributed by atoms with Crippen LogP contribution in [0.15, 0.2) is 158 Å². The third-order valence-corrected chi connectivity index (χ3v) is 10.4. The molecule has 222 valence electrons. The van der Waals surface area contributed by atoms with Gasteiger partial charge in [0.15, 0.2) is 17.5 Å². The van der Waals surface area contributed by atoms with Crippen molar-refractivity contribution < 1.29 is 0 Å². The molecule has 0 unspecified atom stereocenters. The molecule has 1 aromatic heterocycles. The second-order valence-electron chi connectivity index (χ2n) is 12.6. The van der Waals surface area contributed by atoms with Gasteiger partial charge in [-0.15, -0.1) is 0 Å². The van der Waals surface area contributed by atoms with Crippen LogP contribution in [0.25, 0.3) is 67.5 Å². The highest BCUT2D eigenvalue weighted by atomic mass is 28.3. The van der Waals surface area contributed by atoms with E-state index in [1.807, 2.05) is 60.7 Å².